The summed E-state index contributed by atoms with van der Waals surface area (Å²) >= 11 is 0. The molecule has 0 bridgehead atoms. The second-order valence-electron chi connectivity index (χ2n) is 5.89. The van der Waals surface area contributed by atoms with Crippen molar-refractivity contribution in [1.29, 1.82) is 0 Å². The zero-order chi connectivity index (χ0) is 16.9. The topological polar surface area (TPSA) is 74.2 Å². The molecule has 0 saturated carbocycles. The number of pyridine rings is 1. The predicted octanol–water partition coefficient (Wildman–Crippen LogP) is 1.44. The summed E-state index contributed by atoms with van der Waals surface area (Å²) in [5, 5.41) is 2.86. The number of nitrogens with zero attached hydrogens (tertiary/aromatic N) is 5. The second kappa shape index (κ2) is 7.35. The number of nitrogens with one attached hydrogen (secondary N) is 1. The van der Waals surface area contributed by atoms with Crippen molar-refractivity contribution in [1.82, 2.24) is 19.9 Å². The van der Waals surface area contributed by atoms with E-state index in [4.69, 9.17) is 0 Å². The number of anilines is 2. The molecule has 2 aromatic heterocycles. The Kier molecular flexibility index (Phi) is 5.00. The van der Waals surface area contributed by atoms with E-state index in [0.29, 0.717) is 17.7 Å². The number of hydrogen-bond donors (Lipinski definition) is 1. The Morgan fingerprint density at radius 3 is 2.62 bits per heavy atom. The van der Waals surface area contributed by atoms with Gasteiger partial charge < -0.3 is 15.1 Å². The lowest BCUT2D eigenvalue weighted by atomic mass is 10.2. The molecule has 3 heterocycles. The minimum Gasteiger partial charge on any atom is -0.354 e. The molecular formula is C17H22N6O. The molecule has 0 spiro atoms. The van der Waals surface area contributed by atoms with Crippen LogP contribution in [0.4, 0.5) is 11.5 Å². The molecule has 3 rings (SSSR count). The van der Waals surface area contributed by atoms with E-state index in [0.717, 1.165) is 37.7 Å². The van der Waals surface area contributed by atoms with E-state index < -0.39 is 0 Å². The van der Waals surface area contributed by atoms with Gasteiger partial charge in [0.1, 0.15) is 12.1 Å². The van der Waals surface area contributed by atoms with Crippen molar-refractivity contribution in [3.63, 3.8) is 0 Å². The summed E-state index contributed by atoms with van der Waals surface area (Å²) in [6.45, 7) is 5.97. The number of aryl methyl sites for hydroxylation is 1. The van der Waals surface area contributed by atoms with Gasteiger partial charge in [0.2, 0.25) is 0 Å². The van der Waals surface area contributed by atoms with Crippen LogP contribution >= 0.6 is 0 Å². The number of aromatic nitrogens is 3. The smallest absolute Gasteiger partial charge is 0.259 e. The van der Waals surface area contributed by atoms with Crippen molar-refractivity contribution in [2.45, 2.75) is 13.3 Å². The van der Waals surface area contributed by atoms with E-state index in [1.165, 1.54) is 6.33 Å². The van der Waals surface area contributed by atoms with E-state index in [-0.39, 0.29) is 5.91 Å². The van der Waals surface area contributed by atoms with Crippen LogP contribution in [0.1, 0.15) is 23.0 Å². The highest BCUT2D eigenvalue weighted by Gasteiger charge is 2.16. The lowest BCUT2D eigenvalue weighted by molar-refractivity contribution is 0.102. The van der Waals surface area contributed by atoms with Crippen LogP contribution in [0.3, 0.4) is 0 Å². The van der Waals surface area contributed by atoms with Crippen LogP contribution in [0.25, 0.3) is 0 Å². The highest BCUT2D eigenvalue weighted by Crippen LogP contribution is 2.17. The summed E-state index contributed by atoms with van der Waals surface area (Å²) < 4.78 is 0. The summed E-state index contributed by atoms with van der Waals surface area (Å²) in [5.74, 6) is 0.736. The number of hydrogen-bond acceptors (Lipinski definition) is 6. The zero-order valence-electron chi connectivity index (χ0n) is 14.1. The maximum atomic E-state index is 12.4. The van der Waals surface area contributed by atoms with E-state index in [1.807, 2.05) is 19.1 Å². The fraction of sp³-hybridized carbons (Fsp3) is 0.412. The monoisotopic (exact) mass is 326 g/mol. The molecule has 24 heavy (non-hydrogen) atoms. The Labute approximate surface area is 141 Å². The van der Waals surface area contributed by atoms with E-state index in [9.17, 15) is 4.79 Å². The van der Waals surface area contributed by atoms with Crippen LogP contribution in [-0.4, -0.2) is 59.0 Å². The minimum atomic E-state index is -0.207. The molecular weight excluding hydrogens is 304 g/mol. The maximum Gasteiger partial charge on any atom is 0.259 e. The Morgan fingerprint density at radius 1 is 1.17 bits per heavy atom. The largest absolute Gasteiger partial charge is 0.354 e. The summed E-state index contributed by atoms with van der Waals surface area (Å²) in [7, 11) is 2.13. The van der Waals surface area contributed by atoms with Gasteiger partial charge in [0, 0.05) is 32.4 Å². The average molecular weight is 326 g/mol. The number of amides is 1. The van der Waals surface area contributed by atoms with Crippen molar-refractivity contribution in [3.05, 3.63) is 42.1 Å². The molecule has 7 nitrogen and oxygen atoms in total. The fourth-order valence-corrected chi connectivity index (χ4v) is 2.71. The SMILES string of the molecule is CCc1ncncc1C(=O)Nc1ccc(N2CCN(C)CC2)nc1. The highest BCUT2D eigenvalue weighted by molar-refractivity contribution is 6.04. The normalized spacial score (nSPS) is 15.3. The number of rotatable bonds is 4. The molecule has 7 heteroatoms. The van der Waals surface area contributed by atoms with Gasteiger partial charge in [0.05, 0.1) is 23.1 Å². The Hall–Kier alpha value is -2.54. The van der Waals surface area contributed by atoms with Crippen molar-refractivity contribution in [2.24, 2.45) is 0 Å². The lowest BCUT2D eigenvalue weighted by Gasteiger charge is -2.33. The first kappa shape index (κ1) is 16.3. The fourth-order valence-electron chi connectivity index (χ4n) is 2.71. The third kappa shape index (κ3) is 3.68. The quantitative estimate of drug-likeness (QED) is 0.916. The van der Waals surface area contributed by atoms with E-state index in [2.05, 4.69) is 37.1 Å². The molecule has 0 unspecified atom stereocenters. The standard InChI is InChI=1S/C17H22N6O/c1-3-15-14(11-18-12-20-15)17(24)21-13-4-5-16(19-10-13)23-8-6-22(2)7-9-23/h4-5,10-12H,3,6-9H2,1-2H3,(H,21,24). The van der Waals surface area contributed by atoms with Gasteiger partial charge in [-0.3, -0.25) is 4.79 Å². The molecule has 0 aromatic carbocycles. The third-order valence-corrected chi connectivity index (χ3v) is 4.21. The van der Waals surface area contributed by atoms with Crippen molar-refractivity contribution >= 4 is 17.4 Å². The van der Waals surface area contributed by atoms with Gasteiger partial charge in [0.25, 0.3) is 5.91 Å². The first-order chi connectivity index (χ1) is 11.7. The first-order valence-electron chi connectivity index (χ1n) is 8.17. The zero-order valence-corrected chi connectivity index (χ0v) is 14.1. The molecule has 1 amide bonds. The molecule has 0 aliphatic carbocycles. The molecule has 0 radical (unpaired) electrons. The Morgan fingerprint density at radius 2 is 1.96 bits per heavy atom. The van der Waals surface area contributed by atoms with Gasteiger partial charge in [-0.2, -0.15) is 0 Å². The summed E-state index contributed by atoms with van der Waals surface area (Å²) in [6.07, 6.45) is 5.39. The molecule has 1 fully saturated rings. The Balaban J connectivity index is 1.67. The van der Waals surface area contributed by atoms with Crippen LogP contribution in [0.2, 0.25) is 0 Å². The molecule has 0 atom stereocenters. The van der Waals surface area contributed by atoms with Gasteiger partial charge in [-0.25, -0.2) is 15.0 Å². The lowest BCUT2D eigenvalue weighted by Crippen LogP contribution is -2.44. The average Bonchev–Trinajstić information content (AvgIpc) is 2.63. The summed E-state index contributed by atoms with van der Waals surface area (Å²) in [5.41, 5.74) is 1.91. The van der Waals surface area contributed by atoms with E-state index in [1.54, 1.807) is 12.4 Å². The number of carbonyl (C=O) groups is 1. The molecule has 1 aliphatic heterocycles. The van der Waals surface area contributed by atoms with Crippen LogP contribution < -0.4 is 10.2 Å². The van der Waals surface area contributed by atoms with Gasteiger partial charge in [-0.05, 0) is 25.6 Å². The van der Waals surface area contributed by atoms with Crippen LogP contribution in [0, 0.1) is 0 Å². The van der Waals surface area contributed by atoms with E-state index >= 15 is 0 Å². The predicted molar refractivity (Wildman–Crippen MR) is 93.3 cm³/mol. The third-order valence-electron chi connectivity index (χ3n) is 4.21. The first-order valence-corrected chi connectivity index (χ1v) is 8.17. The molecule has 1 saturated heterocycles. The van der Waals surface area contributed by atoms with Gasteiger partial charge in [0.15, 0.2) is 0 Å². The van der Waals surface area contributed by atoms with Crippen LogP contribution in [-0.2, 0) is 6.42 Å². The van der Waals surface area contributed by atoms with Crippen molar-refractivity contribution < 1.29 is 4.79 Å². The van der Waals surface area contributed by atoms with Crippen molar-refractivity contribution in [2.75, 3.05) is 43.4 Å². The second-order valence-corrected chi connectivity index (χ2v) is 5.89. The van der Waals surface area contributed by atoms with Crippen LogP contribution in [0.5, 0.6) is 0 Å². The number of piperazine rings is 1. The highest BCUT2D eigenvalue weighted by atomic mass is 16.1. The Bertz CT molecular complexity index is 694. The van der Waals surface area contributed by atoms with Gasteiger partial charge in [-0.1, -0.05) is 6.92 Å². The van der Waals surface area contributed by atoms with Gasteiger partial charge >= 0.3 is 0 Å². The van der Waals surface area contributed by atoms with Crippen LogP contribution in [0.15, 0.2) is 30.9 Å². The summed E-state index contributed by atoms with van der Waals surface area (Å²) in [4.78, 5) is 29.5. The summed E-state index contributed by atoms with van der Waals surface area (Å²) in [6, 6.07) is 3.83. The number of carbonyl (C=O) groups excluding carboxylic acids is 1. The van der Waals surface area contributed by atoms with Crippen molar-refractivity contribution in [3.8, 4) is 0 Å². The number of likely N-dealkylation sites (N-methyl/N-ethyl adjacent to an activating group) is 1. The minimum absolute atomic E-state index is 0.207. The molecule has 2 aromatic rings. The molecule has 1 N–H and O–H groups in total. The molecule has 1 aliphatic rings. The maximum absolute atomic E-state index is 12.4. The van der Waals surface area contributed by atoms with Gasteiger partial charge in [-0.15, -0.1) is 0 Å². The molecule has 126 valence electrons.